The molecule has 3 rings (SSSR count). The molecule has 0 spiro atoms. The summed E-state index contributed by atoms with van der Waals surface area (Å²) in [5, 5.41) is 14.9. The van der Waals surface area contributed by atoms with Gasteiger partial charge >= 0.3 is 5.69 Å². The Morgan fingerprint density at radius 3 is 2.19 bits per heavy atom. The fourth-order valence-corrected chi connectivity index (χ4v) is 3.22. The molecule has 1 N–H and O–H groups in total. The lowest BCUT2D eigenvalue weighted by Crippen LogP contribution is -2.09. The molecule has 0 radical (unpaired) electrons. The van der Waals surface area contributed by atoms with Crippen LogP contribution in [0, 0.1) is 10.1 Å². The molecule has 0 saturated carbocycles. The van der Waals surface area contributed by atoms with Crippen molar-refractivity contribution in [1.82, 2.24) is 9.97 Å². The van der Waals surface area contributed by atoms with E-state index in [1.165, 1.54) is 11.9 Å². The number of hydrogen-bond acceptors (Lipinski definition) is 6. The van der Waals surface area contributed by atoms with Crippen LogP contribution in [0.4, 0.5) is 11.5 Å². The van der Waals surface area contributed by atoms with Gasteiger partial charge in [0, 0.05) is 13.0 Å². The molecule has 0 aliphatic rings. The van der Waals surface area contributed by atoms with Gasteiger partial charge in [0.05, 0.1) is 11.0 Å². The summed E-state index contributed by atoms with van der Waals surface area (Å²) in [7, 11) is 0. The van der Waals surface area contributed by atoms with E-state index in [4.69, 9.17) is 4.74 Å². The third kappa shape index (κ3) is 6.01. The van der Waals surface area contributed by atoms with Gasteiger partial charge in [-0.25, -0.2) is 9.97 Å². The summed E-state index contributed by atoms with van der Waals surface area (Å²) in [6.07, 6.45) is 1.84. The maximum Gasteiger partial charge on any atom is 0.332 e. The maximum absolute atomic E-state index is 11.8. The molecular weight excluding hydrogens is 392 g/mol. The molecule has 0 unspecified atom stereocenters. The highest BCUT2D eigenvalue weighted by molar-refractivity contribution is 5.59. The molecule has 0 aliphatic heterocycles. The first kappa shape index (κ1) is 22.2. The van der Waals surface area contributed by atoms with Gasteiger partial charge in [-0.3, -0.25) is 10.1 Å². The third-order valence-electron chi connectivity index (χ3n) is 4.85. The van der Waals surface area contributed by atoms with Crippen molar-refractivity contribution in [2.45, 2.75) is 52.7 Å². The first-order valence-corrected chi connectivity index (χ1v) is 10.4. The first-order chi connectivity index (χ1) is 14.8. The number of nitrogens with zero attached hydrogens (tertiary/aromatic N) is 3. The Morgan fingerprint density at radius 2 is 1.61 bits per heavy atom. The van der Waals surface area contributed by atoms with Crippen molar-refractivity contribution in [1.29, 1.82) is 0 Å². The zero-order chi connectivity index (χ0) is 22.4. The molecule has 1 heterocycles. The number of aromatic nitrogens is 2. The molecule has 0 amide bonds. The normalized spacial score (nSPS) is 11.0. The second kappa shape index (κ2) is 10.0. The zero-order valence-electron chi connectivity index (χ0n) is 18.3. The van der Waals surface area contributed by atoms with E-state index in [0.29, 0.717) is 24.6 Å². The van der Waals surface area contributed by atoms with Crippen molar-refractivity contribution in [3.05, 3.63) is 87.4 Å². The van der Waals surface area contributed by atoms with E-state index in [9.17, 15) is 10.1 Å². The number of hydrogen-bond donors (Lipinski definition) is 1. The molecule has 1 aromatic heterocycles. The molecule has 31 heavy (non-hydrogen) atoms. The van der Waals surface area contributed by atoms with Crippen molar-refractivity contribution in [3.8, 4) is 5.75 Å². The van der Waals surface area contributed by atoms with Crippen LogP contribution in [0.25, 0.3) is 0 Å². The van der Waals surface area contributed by atoms with Crippen LogP contribution in [0.2, 0.25) is 0 Å². The smallest absolute Gasteiger partial charge is 0.332 e. The third-order valence-corrected chi connectivity index (χ3v) is 4.85. The van der Waals surface area contributed by atoms with Crippen molar-refractivity contribution < 1.29 is 9.66 Å². The highest BCUT2D eigenvalue weighted by Crippen LogP contribution is 2.28. The lowest BCUT2D eigenvalue weighted by molar-refractivity contribution is -0.385. The quantitative estimate of drug-likeness (QED) is 0.363. The fraction of sp³-hybridized carbons (Fsp3) is 0.333. The largest absolute Gasteiger partial charge is 0.491 e. The standard InChI is InChI=1S/C24H28N4O3/c1-16(2)20-9-5-18(6-10-20)13-22-23(28(29)30)24(27-15-26-22)25-14-19-7-11-21(12-8-19)31-17(3)4/h5-12,15-17H,13-14H2,1-4H3,(H,25,26,27). The maximum atomic E-state index is 11.8. The van der Waals surface area contributed by atoms with E-state index in [1.54, 1.807) is 0 Å². The van der Waals surface area contributed by atoms with Crippen LogP contribution in [0.15, 0.2) is 54.9 Å². The number of anilines is 1. The van der Waals surface area contributed by atoms with E-state index in [-0.39, 0.29) is 17.6 Å². The summed E-state index contributed by atoms with van der Waals surface area (Å²) in [6, 6.07) is 15.7. The van der Waals surface area contributed by atoms with E-state index in [2.05, 4.69) is 41.3 Å². The average molecular weight is 421 g/mol. The van der Waals surface area contributed by atoms with E-state index >= 15 is 0 Å². The molecule has 2 aromatic carbocycles. The van der Waals surface area contributed by atoms with Crippen molar-refractivity contribution in [2.24, 2.45) is 0 Å². The first-order valence-electron chi connectivity index (χ1n) is 10.4. The monoisotopic (exact) mass is 420 g/mol. The van der Waals surface area contributed by atoms with Crippen LogP contribution in [0.5, 0.6) is 5.75 Å². The van der Waals surface area contributed by atoms with E-state index in [1.807, 2.05) is 50.2 Å². The van der Waals surface area contributed by atoms with Gasteiger partial charge in [0.1, 0.15) is 17.8 Å². The van der Waals surface area contributed by atoms with Crippen molar-refractivity contribution >= 4 is 11.5 Å². The molecule has 7 heteroatoms. The fourth-order valence-electron chi connectivity index (χ4n) is 3.22. The second-order valence-corrected chi connectivity index (χ2v) is 8.01. The van der Waals surface area contributed by atoms with Crippen LogP contribution in [0.1, 0.15) is 56.0 Å². The molecule has 7 nitrogen and oxygen atoms in total. The molecule has 0 saturated heterocycles. The van der Waals surface area contributed by atoms with Gasteiger partial charge in [-0.05, 0) is 48.6 Å². The Labute approximate surface area is 182 Å². The summed E-state index contributed by atoms with van der Waals surface area (Å²) < 4.78 is 5.64. The average Bonchev–Trinajstić information content (AvgIpc) is 2.73. The molecule has 0 fully saturated rings. The minimum Gasteiger partial charge on any atom is -0.491 e. The predicted octanol–water partition coefficient (Wildman–Crippen LogP) is 5.50. The summed E-state index contributed by atoms with van der Waals surface area (Å²) in [6.45, 7) is 8.61. The molecule has 0 aliphatic carbocycles. The van der Waals surface area contributed by atoms with Crippen LogP contribution in [-0.2, 0) is 13.0 Å². The summed E-state index contributed by atoms with van der Waals surface area (Å²) in [4.78, 5) is 19.7. The Hall–Kier alpha value is -3.48. The van der Waals surface area contributed by atoms with Crippen LogP contribution < -0.4 is 10.1 Å². The van der Waals surface area contributed by atoms with Gasteiger partial charge in [-0.2, -0.15) is 0 Å². The van der Waals surface area contributed by atoms with Crippen molar-refractivity contribution in [3.63, 3.8) is 0 Å². The molecule has 3 aromatic rings. The van der Waals surface area contributed by atoms with Crippen LogP contribution >= 0.6 is 0 Å². The number of ether oxygens (including phenoxy) is 1. The van der Waals surface area contributed by atoms with Gasteiger partial charge in [-0.15, -0.1) is 0 Å². The molecule has 0 atom stereocenters. The number of rotatable bonds is 9. The summed E-state index contributed by atoms with van der Waals surface area (Å²) in [5.74, 6) is 1.44. The number of nitrogens with one attached hydrogen (secondary N) is 1. The molecule has 162 valence electrons. The summed E-state index contributed by atoms with van der Waals surface area (Å²) >= 11 is 0. The summed E-state index contributed by atoms with van der Waals surface area (Å²) in [5.41, 5.74) is 3.47. The van der Waals surface area contributed by atoms with Crippen LogP contribution in [0.3, 0.4) is 0 Å². The topological polar surface area (TPSA) is 90.2 Å². The number of nitro groups is 1. The van der Waals surface area contributed by atoms with Gasteiger partial charge < -0.3 is 10.1 Å². The minimum atomic E-state index is -0.417. The Kier molecular flexibility index (Phi) is 7.18. The van der Waals surface area contributed by atoms with Crippen LogP contribution in [-0.4, -0.2) is 21.0 Å². The second-order valence-electron chi connectivity index (χ2n) is 8.01. The highest BCUT2D eigenvalue weighted by Gasteiger charge is 2.22. The highest BCUT2D eigenvalue weighted by atomic mass is 16.6. The van der Waals surface area contributed by atoms with Gasteiger partial charge in [-0.1, -0.05) is 50.2 Å². The molecule has 0 bridgehead atoms. The van der Waals surface area contributed by atoms with E-state index in [0.717, 1.165) is 16.9 Å². The van der Waals surface area contributed by atoms with E-state index < -0.39 is 4.92 Å². The minimum absolute atomic E-state index is 0.0878. The lowest BCUT2D eigenvalue weighted by Gasteiger charge is -2.11. The van der Waals surface area contributed by atoms with Crippen molar-refractivity contribution in [2.75, 3.05) is 5.32 Å². The van der Waals surface area contributed by atoms with Gasteiger partial charge in [0.25, 0.3) is 0 Å². The van der Waals surface area contributed by atoms with Gasteiger partial charge in [0.2, 0.25) is 5.82 Å². The Morgan fingerprint density at radius 1 is 0.968 bits per heavy atom. The Balaban J connectivity index is 1.76. The lowest BCUT2D eigenvalue weighted by atomic mass is 10.00. The predicted molar refractivity (Wildman–Crippen MR) is 122 cm³/mol. The Bertz CT molecular complexity index is 1020. The van der Waals surface area contributed by atoms with Gasteiger partial charge in [0.15, 0.2) is 0 Å². The SMILES string of the molecule is CC(C)Oc1ccc(CNc2ncnc(Cc3ccc(C(C)C)cc3)c2[N+](=O)[O-])cc1. The molecular formula is C24H28N4O3. The number of benzene rings is 2. The zero-order valence-corrected chi connectivity index (χ0v) is 18.3.